The molecule has 0 spiro atoms. The molecule has 1 amide bonds. The molecule has 5 nitrogen and oxygen atoms in total. The maximum Gasteiger partial charge on any atom is 0.224 e. The lowest BCUT2D eigenvalue weighted by atomic mass is 9.89. The van der Waals surface area contributed by atoms with Crippen LogP contribution in [-0.2, 0) is 4.79 Å². The molecule has 0 saturated heterocycles. The Labute approximate surface area is 103 Å². The summed E-state index contributed by atoms with van der Waals surface area (Å²) in [7, 11) is 0. The second-order valence-corrected chi connectivity index (χ2v) is 4.88. The summed E-state index contributed by atoms with van der Waals surface area (Å²) in [5.74, 6) is -0.202. The average molecular weight is 247 g/mol. The number of hydrogen-bond acceptors (Lipinski definition) is 4. The summed E-state index contributed by atoms with van der Waals surface area (Å²) in [5, 5.41) is 30.0. The van der Waals surface area contributed by atoms with Gasteiger partial charge >= 0.3 is 0 Å². The zero-order valence-electron chi connectivity index (χ0n) is 10.9. The largest absolute Gasteiger partial charge is 0.394 e. The summed E-state index contributed by atoms with van der Waals surface area (Å²) in [6.45, 7) is 4.46. The summed E-state index contributed by atoms with van der Waals surface area (Å²) >= 11 is 0. The Morgan fingerprint density at radius 2 is 1.65 bits per heavy atom. The number of aliphatic hydroxyl groups excluding tert-OH is 3. The van der Waals surface area contributed by atoms with Crippen LogP contribution in [0.15, 0.2) is 0 Å². The topological polar surface area (TPSA) is 89.8 Å². The van der Waals surface area contributed by atoms with Gasteiger partial charge in [-0.25, -0.2) is 0 Å². The fourth-order valence-electron chi connectivity index (χ4n) is 1.70. The number of rotatable bonds is 8. The molecule has 4 N–H and O–H groups in total. The van der Waals surface area contributed by atoms with Gasteiger partial charge in [-0.15, -0.1) is 0 Å². The molecule has 0 aromatic rings. The predicted octanol–water partition coefficient (Wildman–Crippen LogP) is -0.109. The van der Waals surface area contributed by atoms with E-state index in [-0.39, 0.29) is 17.7 Å². The average Bonchev–Trinajstić information content (AvgIpc) is 2.32. The van der Waals surface area contributed by atoms with Gasteiger partial charge in [-0.2, -0.15) is 0 Å². The van der Waals surface area contributed by atoms with E-state index in [1.165, 1.54) is 0 Å². The van der Waals surface area contributed by atoms with E-state index in [4.69, 9.17) is 15.3 Å². The van der Waals surface area contributed by atoms with Crippen LogP contribution in [0.2, 0.25) is 0 Å². The Kier molecular flexibility index (Phi) is 7.34. The van der Waals surface area contributed by atoms with E-state index >= 15 is 0 Å². The van der Waals surface area contributed by atoms with Gasteiger partial charge in [0.2, 0.25) is 5.91 Å². The second kappa shape index (κ2) is 7.63. The SMILES string of the molecule is CCCC(C(=O)NC(CO)(CO)CO)C(C)C. The van der Waals surface area contributed by atoms with Gasteiger partial charge in [0.05, 0.1) is 19.8 Å². The first-order valence-corrected chi connectivity index (χ1v) is 6.11. The lowest BCUT2D eigenvalue weighted by molar-refractivity contribution is -0.131. The van der Waals surface area contributed by atoms with Crippen molar-refractivity contribution in [3.05, 3.63) is 0 Å². The van der Waals surface area contributed by atoms with E-state index in [2.05, 4.69) is 5.32 Å². The molecule has 0 aliphatic heterocycles. The molecule has 0 fully saturated rings. The minimum absolute atomic E-state index is 0.163. The molecule has 0 aromatic carbocycles. The minimum Gasteiger partial charge on any atom is -0.394 e. The smallest absolute Gasteiger partial charge is 0.224 e. The van der Waals surface area contributed by atoms with E-state index in [1.807, 2.05) is 20.8 Å². The molecule has 1 atom stereocenters. The molecule has 0 aliphatic rings. The van der Waals surface area contributed by atoms with Gasteiger partial charge in [-0.3, -0.25) is 4.79 Å². The molecule has 0 heterocycles. The number of aliphatic hydroxyl groups is 3. The number of nitrogens with one attached hydrogen (secondary N) is 1. The molecule has 102 valence electrons. The Morgan fingerprint density at radius 3 is 1.94 bits per heavy atom. The van der Waals surface area contributed by atoms with E-state index < -0.39 is 25.4 Å². The van der Waals surface area contributed by atoms with Gasteiger partial charge in [0.25, 0.3) is 0 Å². The fourth-order valence-corrected chi connectivity index (χ4v) is 1.70. The van der Waals surface area contributed by atoms with Gasteiger partial charge in [0, 0.05) is 5.92 Å². The van der Waals surface area contributed by atoms with Crippen molar-refractivity contribution in [1.29, 1.82) is 0 Å². The highest BCUT2D eigenvalue weighted by Crippen LogP contribution is 2.18. The van der Waals surface area contributed by atoms with Crippen LogP contribution >= 0.6 is 0 Å². The van der Waals surface area contributed by atoms with Crippen LogP contribution in [0.4, 0.5) is 0 Å². The first-order chi connectivity index (χ1) is 7.96. The molecular formula is C12H25NO4. The van der Waals surface area contributed by atoms with E-state index in [0.717, 1.165) is 12.8 Å². The number of carbonyl (C=O) groups excluding carboxylic acids is 1. The normalized spacial score (nSPS) is 13.8. The van der Waals surface area contributed by atoms with Crippen molar-refractivity contribution in [2.24, 2.45) is 11.8 Å². The first-order valence-electron chi connectivity index (χ1n) is 6.11. The summed E-state index contributed by atoms with van der Waals surface area (Å²) < 4.78 is 0. The van der Waals surface area contributed by atoms with Gasteiger partial charge in [-0.05, 0) is 12.3 Å². The quantitative estimate of drug-likeness (QED) is 0.482. The zero-order chi connectivity index (χ0) is 13.5. The van der Waals surface area contributed by atoms with E-state index in [1.54, 1.807) is 0 Å². The molecule has 0 aromatic heterocycles. The Hall–Kier alpha value is -0.650. The van der Waals surface area contributed by atoms with Crippen LogP contribution in [0.3, 0.4) is 0 Å². The highest BCUT2D eigenvalue weighted by atomic mass is 16.3. The molecule has 5 heteroatoms. The van der Waals surface area contributed by atoms with Crippen molar-refractivity contribution in [3.8, 4) is 0 Å². The Morgan fingerprint density at radius 1 is 1.18 bits per heavy atom. The molecule has 1 unspecified atom stereocenters. The summed E-state index contributed by atoms with van der Waals surface area (Å²) in [6.07, 6.45) is 1.64. The van der Waals surface area contributed by atoms with Gasteiger partial charge in [-0.1, -0.05) is 27.2 Å². The summed E-state index contributed by atoms with van der Waals surface area (Å²) in [5.41, 5.74) is -1.32. The summed E-state index contributed by atoms with van der Waals surface area (Å²) in [6, 6.07) is 0. The van der Waals surface area contributed by atoms with Crippen LogP contribution in [0.25, 0.3) is 0 Å². The minimum atomic E-state index is -1.32. The number of hydrogen-bond donors (Lipinski definition) is 4. The van der Waals surface area contributed by atoms with Crippen molar-refractivity contribution < 1.29 is 20.1 Å². The van der Waals surface area contributed by atoms with Crippen molar-refractivity contribution in [1.82, 2.24) is 5.32 Å². The zero-order valence-corrected chi connectivity index (χ0v) is 10.9. The molecule has 0 rings (SSSR count). The third-order valence-electron chi connectivity index (χ3n) is 3.04. The van der Waals surface area contributed by atoms with Gasteiger partial charge in [0.15, 0.2) is 0 Å². The second-order valence-electron chi connectivity index (χ2n) is 4.88. The molecule has 17 heavy (non-hydrogen) atoms. The Balaban J connectivity index is 4.67. The molecule has 0 saturated carbocycles. The molecule has 0 aliphatic carbocycles. The highest BCUT2D eigenvalue weighted by molar-refractivity contribution is 5.79. The van der Waals surface area contributed by atoms with Crippen LogP contribution in [0.5, 0.6) is 0 Å². The van der Waals surface area contributed by atoms with Crippen LogP contribution in [0.1, 0.15) is 33.6 Å². The van der Waals surface area contributed by atoms with E-state index in [9.17, 15) is 4.79 Å². The first kappa shape index (κ1) is 16.4. The van der Waals surface area contributed by atoms with Crippen molar-refractivity contribution in [2.45, 2.75) is 39.2 Å². The van der Waals surface area contributed by atoms with Gasteiger partial charge in [0.1, 0.15) is 5.54 Å². The van der Waals surface area contributed by atoms with Crippen LogP contribution in [0, 0.1) is 11.8 Å². The van der Waals surface area contributed by atoms with Crippen molar-refractivity contribution in [2.75, 3.05) is 19.8 Å². The maximum absolute atomic E-state index is 12.0. The highest BCUT2D eigenvalue weighted by Gasteiger charge is 2.33. The maximum atomic E-state index is 12.0. The van der Waals surface area contributed by atoms with Crippen LogP contribution < -0.4 is 5.32 Å². The van der Waals surface area contributed by atoms with Crippen molar-refractivity contribution >= 4 is 5.91 Å². The van der Waals surface area contributed by atoms with Gasteiger partial charge < -0.3 is 20.6 Å². The number of carbonyl (C=O) groups is 1. The molecule has 0 radical (unpaired) electrons. The molecular weight excluding hydrogens is 222 g/mol. The third-order valence-corrected chi connectivity index (χ3v) is 3.04. The lowest BCUT2D eigenvalue weighted by Gasteiger charge is -2.31. The fraction of sp³-hybridized carbons (Fsp3) is 0.917. The van der Waals surface area contributed by atoms with E-state index in [0.29, 0.717) is 0 Å². The van der Waals surface area contributed by atoms with Crippen molar-refractivity contribution in [3.63, 3.8) is 0 Å². The summed E-state index contributed by atoms with van der Waals surface area (Å²) in [4.78, 5) is 12.0. The Bertz CT molecular complexity index is 218. The predicted molar refractivity (Wildman–Crippen MR) is 65.4 cm³/mol. The van der Waals surface area contributed by atoms with Crippen LogP contribution in [-0.4, -0.2) is 46.6 Å². The standard InChI is InChI=1S/C12H25NO4/c1-4-5-10(9(2)3)11(17)13-12(6-14,7-15)8-16/h9-10,14-16H,4-8H2,1-3H3,(H,13,17). The third kappa shape index (κ3) is 4.61. The lowest BCUT2D eigenvalue weighted by Crippen LogP contribution is -2.58. The molecule has 0 bridgehead atoms. The number of amides is 1. The monoisotopic (exact) mass is 247 g/mol.